The number of aliphatic imine (C=N–C) groups is 1. The number of nitrogens with zero attached hydrogens (tertiary/aromatic N) is 3. The number of methoxy groups -OCH3 is 1. The summed E-state index contributed by atoms with van der Waals surface area (Å²) in [6, 6.07) is 16.4. The van der Waals surface area contributed by atoms with Crippen molar-refractivity contribution in [1.29, 1.82) is 0 Å². The number of phenolic OH excluding ortho intramolecular Hbond substituents is 1. The molecule has 0 saturated carbocycles. The maximum Gasteiger partial charge on any atom is 0.194 e. The number of hydrogen-bond donors (Lipinski definition) is 2. The Hall–Kier alpha value is -2.77. The Balaban J connectivity index is 1.47. The average molecular weight is 425 g/mol. The Bertz CT molecular complexity index is 890. The summed E-state index contributed by atoms with van der Waals surface area (Å²) in [6.07, 6.45) is 0.173. The lowest BCUT2D eigenvalue weighted by molar-refractivity contribution is -0.0502. The van der Waals surface area contributed by atoms with Crippen LogP contribution in [-0.4, -0.2) is 72.9 Å². The second-order valence-corrected chi connectivity index (χ2v) is 7.98. The molecule has 2 aromatic rings. The first-order valence-electron chi connectivity index (χ1n) is 11.0. The maximum atomic E-state index is 10.4. The Kier molecular flexibility index (Phi) is 6.94. The van der Waals surface area contributed by atoms with Crippen LogP contribution in [0.1, 0.15) is 18.1 Å². The van der Waals surface area contributed by atoms with Crippen molar-refractivity contribution >= 4 is 5.96 Å². The first-order chi connectivity index (χ1) is 15.2. The fourth-order valence-electron chi connectivity index (χ4n) is 4.39. The van der Waals surface area contributed by atoms with Gasteiger partial charge in [-0.2, -0.15) is 0 Å². The molecule has 2 N–H and O–H groups in total. The van der Waals surface area contributed by atoms with Crippen LogP contribution in [0.15, 0.2) is 53.5 Å². The van der Waals surface area contributed by atoms with Gasteiger partial charge in [0.25, 0.3) is 0 Å². The van der Waals surface area contributed by atoms with Gasteiger partial charge in [0, 0.05) is 38.3 Å². The van der Waals surface area contributed by atoms with Crippen LogP contribution in [0.3, 0.4) is 0 Å². The summed E-state index contributed by atoms with van der Waals surface area (Å²) in [5, 5.41) is 13.8. The van der Waals surface area contributed by atoms with Crippen LogP contribution in [0.25, 0.3) is 0 Å². The number of likely N-dealkylation sites (tertiary alicyclic amines) is 1. The van der Waals surface area contributed by atoms with Crippen LogP contribution in [0.5, 0.6) is 11.5 Å². The van der Waals surface area contributed by atoms with E-state index in [-0.39, 0.29) is 11.9 Å². The van der Waals surface area contributed by atoms with Crippen LogP contribution >= 0.6 is 0 Å². The number of phenols is 1. The number of morpholine rings is 1. The molecule has 2 aliphatic heterocycles. The number of nitrogens with one attached hydrogen (secondary N) is 1. The quantitative estimate of drug-likeness (QED) is 0.548. The molecule has 2 saturated heterocycles. The third kappa shape index (κ3) is 4.94. The van der Waals surface area contributed by atoms with E-state index in [0.29, 0.717) is 18.3 Å². The monoisotopic (exact) mass is 424 g/mol. The number of hydrogen-bond acceptors (Lipinski definition) is 5. The Morgan fingerprint density at radius 1 is 1.19 bits per heavy atom. The van der Waals surface area contributed by atoms with E-state index < -0.39 is 0 Å². The van der Waals surface area contributed by atoms with E-state index in [0.717, 1.165) is 50.9 Å². The molecule has 166 valence electrons. The minimum absolute atomic E-state index is 0.150. The zero-order chi connectivity index (χ0) is 21.6. The summed E-state index contributed by atoms with van der Waals surface area (Å²) in [4.78, 5) is 9.62. The van der Waals surface area contributed by atoms with Gasteiger partial charge >= 0.3 is 0 Å². The Morgan fingerprint density at radius 2 is 2.03 bits per heavy atom. The van der Waals surface area contributed by atoms with Crippen LogP contribution in [0.4, 0.5) is 0 Å². The molecule has 0 aromatic heterocycles. The summed E-state index contributed by atoms with van der Waals surface area (Å²) in [7, 11) is 1.55. The number of guanidine groups is 1. The van der Waals surface area contributed by atoms with Gasteiger partial charge < -0.3 is 24.8 Å². The number of para-hydroxylation sites is 1. The molecule has 0 aliphatic carbocycles. The van der Waals surface area contributed by atoms with Crippen molar-refractivity contribution in [3.63, 3.8) is 0 Å². The van der Waals surface area contributed by atoms with Crippen molar-refractivity contribution < 1.29 is 14.6 Å². The first kappa shape index (κ1) is 21.5. The topological polar surface area (TPSA) is 69.6 Å². The zero-order valence-electron chi connectivity index (χ0n) is 18.3. The molecule has 0 amide bonds. The largest absolute Gasteiger partial charge is 0.504 e. The summed E-state index contributed by atoms with van der Waals surface area (Å²) in [6.45, 7) is 7.54. The first-order valence-corrected chi connectivity index (χ1v) is 11.0. The third-order valence-corrected chi connectivity index (χ3v) is 5.98. The second-order valence-electron chi connectivity index (χ2n) is 7.98. The van der Waals surface area contributed by atoms with Gasteiger partial charge in [0.1, 0.15) is 0 Å². The number of rotatable bonds is 6. The smallest absolute Gasteiger partial charge is 0.194 e. The lowest BCUT2D eigenvalue weighted by Crippen LogP contribution is -2.50. The molecular weight excluding hydrogens is 392 g/mol. The Labute approximate surface area is 184 Å². The molecule has 0 bridgehead atoms. The fourth-order valence-corrected chi connectivity index (χ4v) is 4.39. The van der Waals surface area contributed by atoms with Crippen LogP contribution < -0.4 is 10.1 Å². The molecule has 7 heteroatoms. The average Bonchev–Trinajstić information content (AvgIpc) is 3.23. The molecule has 0 spiro atoms. The summed E-state index contributed by atoms with van der Waals surface area (Å²) in [5.41, 5.74) is 2.07. The summed E-state index contributed by atoms with van der Waals surface area (Å²) < 4.78 is 11.3. The van der Waals surface area contributed by atoms with E-state index in [4.69, 9.17) is 14.5 Å². The minimum atomic E-state index is 0.150. The summed E-state index contributed by atoms with van der Waals surface area (Å²) >= 11 is 0. The molecular formula is C24H32N4O3. The van der Waals surface area contributed by atoms with Crippen LogP contribution in [0.2, 0.25) is 0 Å². The highest BCUT2D eigenvalue weighted by Gasteiger charge is 2.41. The van der Waals surface area contributed by atoms with Crippen LogP contribution in [0, 0.1) is 0 Å². The van der Waals surface area contributed by atoms with E-state index in [1.54, 1.807) is 13.2 Å². The molecule has 0 radical (unpaired) electrons. The van der Waals surface area contributed by atoms with Gasteiger partial charge in [-0.25, -0.2) is 4.99 Å². The van der Waals surface area contributed by atoms with Crippen molar-refractivity contribution in [1.82, 2.24) is 15.1 Å². The second kappa shape index (κ2) is 10.0. The maximum absolute atomic E-state index is 10.4. The van der Waals surface area contributed by atoms with Crippen molar-refractivity contribution in [2.45, 2.75) is 32.2 Å². The number of ether oxygens (including phenoxy) is 2. The van der Waals surface area contributed by atoms with Gasteiger partial charge in [-0.15, -0.1) is 0 Å². The third-order valence-electron chi connectivity index (χ3n) is 5.98. The molecule has 2 unspecified atom stereocenters. The molecule has 31 heavy (non-hydrogen) atoms. The van der Waals surface area contributed by atoms with Crippen molar-refractivity contribution in [3.8, 4) is 11.5 Å². The molecule has 4 rings (SSSR count). The molecule has 2 atom stereocenters. The van der Waals surface area contributed by atoms with Gasteiger partial charge in [0.05, 0.1) is 32.4 Å². The molecule has 7 nitrogen and oxygen atoms in total. The number of benzene rings is 2. The standard InChI is InChI=1S/C24H32N4O3/c1-3-25-24(26-14-19-10-7-11-21(30-2)23(19)29)28-16-20-22(17-28)31-13-12-27(20)15-18-8-5-4-6-9-18/h4-11,20,22,29H,3,12-17H2,1-2H3,(H,25,26). The van der Waals surface area contributed by atoms with E-state index in [9.17, 15) is 5.11 Å². The minimum Gasteiger partial charge on any atom is -0.504 e. The van der Waals surface area contributed by atoms with E-state index >= 15 is 0 Å². The van der Waals surface area contributed by atoms with Gasteiger partial charge in [-0.3, -0.25) is 4.90 Å². The van der Waals surface area contributed by atoms with Gasteiger partial charge in [-0.1, -0.05) is 42.5 Å². The van der Waals surface area contributed by atoms with E-state index in [1.165, 1.54) is 5.56 Å². The predicted octanol–water partition coefficient (Wildman–Crippen LogP) is 2.45. The van der Waals surface area contributed by atoms with Crippen molar-refractivity contribution in [2.75, 3.05) is 39.9 Å². The highest BCUT2D eigenvalue weighted by molar-refractivity contribution is 5.80. The van der Waals surface area contributed by atoms with E-state index in [1.807, 2.05) is 12.1 Å². The van der Waals surface area contributed by atoms with Gasteiger partial charge in [-0.05, 0) is 18.6 Å². The van der Waals surface area contributed by atoms with Crippen molar-refractivity contribution in [3.05, 3.63) is 59.7 Å². The normalized spacial score (nSPS) is 21.7. The predicted molar refractivity (Wildman–Crippen MR) is 121 cm³/mol. The molecule has 2 fully saturated rings. The Morgan fingerprint density at radius 3 is 2.81 bits per heavy atom. The summed E-state index contributed by atoms with van der Waals surface area (Å²) in [5.74, 6) is 1.47. The lowest BCUT2D eigenvalue weighted by Gasteiger charge is -2.36. The van der Waals surface area contributed by atoms with Gasteiger partial charge in [0.2, 0.25) is 0 Å². The van der Waals surface area contributed by atoms with E-state index in [2.05, 4.69) is 52.4 Å². The number of fused-ring (bicyclic) bond motifs is 1. The molecule has 2 heterocycles. The fraction of sp³-hybridized carbons (Fsp3) is 0.458. The molecule has 2 aromatic carbocycles. The number of aromatic hydroxyl groups is 1. The lowest BCUT2D eigenvalue weighted by atomic mass is 10.1. The molecule has 2 aliphatic rings. The van der Waals surface area contributed by atoms with Crippen LogP contribution in [-0.2, 0) is 17.8 Å². The highest BCUT2D eigenvalue weighted by atomic mass is 16.5. The highest BCUT2D eigenvalue weighted by Crippen LogP contribution is 2.30. The van der Waals surface area contributed by atoms with Gasteiger partial charge in [0.15, 0.2) is 17.5 Å². The SMILES string of the molecule is CCNC(=NCc1cccc(OC)c1O)N1CC2OCCN(Cc3ccccc3)C2C1. The van der Waals surface area contributed by atoms with Crippen molar-refractivity contribution in [2.24, 2.45) is 4.99 Å². The zero-order valence-corrected chi connectivity index (χ0v) is 18.3.